The van der Waals surface area contributed by atoms with Crippen LogP contribution in [0.5, 0.6) is 5.75 Å². The van der Waals surface area contributed by atoms with Gasteiger partial charge in [0.1, 0.15) is 12.4 Å². The number of nitrogens with zero attached hydrogens (tertiary/aromatic N) is 2. The molecule has 1 aliphatic carbocycles. The van der Waals surface area contributed by atoms with E-state index in [9.17, 15) is 4.79 Å². The fraction of sp³-hybridized carbons (Fsp3) is 0.118. The molecule has 4 nitrogen and oxygen atoms in total. The van der Waals surface area contributed by atoms with Gasteiger partial charge in [-0.15, -0.1) is 0 Å². The average Bonchev–Trinajstić information content (AvgIpc) is 3.31. The van der Waals surface area contributed by atoms with E-state index < -0.39 is 0 Å². The van der Waals surface area contributed by atoms with Crippen molar-refractivity contribution in [1.29, 1.82) is 0 Å². The van der Waals surface area contributed by atoms with E-state index in [4.69, 9.17) is 9.73 Å². The second kappa shape index (κ2) is 11.0. The number of hydrogen-bond acceptors (Lipinski definition) is 4. The first-order valence-corrected chi connectivity index (χ1v) is 15.8. The quantitative estimate of drug-likeness (QED) is 0.194. The molecule has 2 heterocycles. The molecule has 2 aliphatic rings. The Kier molecular flexibility index (Phi) is 7.11. The number of rotatable bonds is 5. The Bertz CT molecular complexity index is 1990. The van der Waals surface area contributed by atoms with Crippen LogP contribution in [0.3, 0.4) is 0 Å². The standard InChI is InChI=1S/C34H24Br2N2O2S/c35-25-14-10-21(11-15-25)20-40-29-17-12-22(18-28(29)36)19-30-33(39)38-32(24-7-2-1-3-8-24)27-16-13-23-6-4-5-9-26(23)31(27)37-34(38)41-30/h1-12,14-15,17-19,32H,13,16,20H2/b30-19+/t32-/m1/s1. The van der Waals surface area contributed by atoms with E-state index >= 15 is 0 Å². The highest BCUT2D eigenvalue weighted by Crippen LogP contribution is 2.41. The van der Waals surface area contributed by atoms with Gasteiger partial charge < -0.3 is 4.74 Å². The van der Waals surface area contributed by atoms with Crippen LogP contribution in [0, 0.1) is 0 Å². The van der Waals surface area contributed by atoms with Gasteiger partial charge in [-0.3, -0.25) is 9.36 Å². The summed E-state index contributed by atoms with van der Waals surface area (Å²) in [6.07, 6.45) is 3.78. The van der Waals surface area contributed by atoms with E-state index in [2.05, 4.69) is 68.3 Å². The number of benzene rings is 4. The van der Waals surface area contributed by atoms with Gasteiger partial charge in [0.2, 0.25) is 0 Å². The van der Waals surface area contributed by atoms with Crippen molar-refractivity contribution in [2.24, 2.45) is 4.99 Å². The summed E-state index contributed by atoms with van der Waals surface area (Å²) in [4.78, 5) is 19.8. The monoisotopic (exact) mass is 682 g/mol. The zero-order chi connectivity index (χ0) is 27.9. The Morgan fingerprint density at radius 3 is 2.51 bits per heavy atom. The minimum absolute atomic E-state index is 0.0142. The van der Waals surface area contributed by atoms with Crippen LogP contribution in [0.25, 0.3) is 11.8 Å². The average molecular weight is 684 g/mol. The van der Waals surface area contributed by atoms with Crippen LogP contribution >= 0.6 is 43.2 Å². The van der Waals surface area contributed by atoms with Crippen molar-refractivity contribution in [3.05, 3.63) is 159 Å². The third kappa shape index (κ3) is 5.07. The first kappa shape index (κ1) is 26.4. The molecular formula is C34H24Br2N2O2S. The van der Waals surface area contributed by atoms with E-state index in [1.54, 1.807) is 0 Å². The highest BCUT2D eigenvalue weighted by atomic mass is 79.9. The first-order chi connectivity index (χ1) is 20.0. The second-order valence-corrected chi connectivity index (χ2v) is 12.9. The number of hydrogen-bond donors (Lipinski definition) is 0. The molecule has 41 heavy (non-hydrogen) atoms. The zero-order valence-electron chi connectivity index (χ0n) is 21.9. The maximum atomic E-state index is 14.0. The molecule has 0 fully saturated rings. The normalized spacial score (nSPS) is 16.0. The number of fused-ring (bicyclic) bond motifs is 3. The lowest BCUT2D eigenvalue weighted by molar-refractivity contribution is 0.304. The van der Waals surface area contributed by atoms with Gasteiger partial charge in [0.15, 0.2) is 4.80 Å². The summed E-state index contributed by atoms with van der Waals surface area (Å²) in [6, 6.07) is 32.6. The Balaban J connectivity index is 1.28. The molecule has 7 heteroatoms. The number of thiazole rings is 1. The summed E-state index contributed by atoms with van der Waals surface area (Å²) in [5.41, 5.74) is 7.82. The zero-order valence-corrected chi connectivity index (χ0v) is 25.9. The Morgan fingerprint density at radius 1 is 0.927 bits per heavy atom. The molecule has 5 aromatic rings. The largest absolute Gasteiger partial charge is 0.488 e. The van der Waals surface area contributed by atoms with Crippen LogP contribution < -0.4 is 19.6 Å². The van der Waals surface area contributed by atoms with Crippen LogP contribution in [0.15, 0.2) is 121 Å². The molecule has 202 valence electrons. The van der Waals surface area contributed by atoms with Gasteiger partial charge >= 0.3 is 0 Å². The Labute approximate surface area is 258 Å². The third-order valence-electron chi connectivity index (χ3n) is 7.55. The molecule has 1 atom stereocenters. The molecule has 0 spiro atoms. The van der Waals surface area contributed by atoms with Gasteiger partial charge in [-0.2, -0.15) is 0 Å². The van der Waals surface area contributed by atoms with Crippen molar-refractivity contribution >= 4 is 55.0 Å². The van der Waals surface area contributed by atoms with Gasteiger partial charge in [-0.1, -0.05) is 100 Å². The van der Waals surface area contributed by atoms with Crippen molar-refractivity contribution in [2.75, 3.05) is 0 Å². The maximum absolute atomic E-state index is 14.0. The number of aryl methyl sites for hydroxylation is 1. The van der Waals surface area contributed by atoms with E-state index in [1.165, 1.54) is 28.0 Å². The summed E-state index contributed by atoms with van der Waals surface area (Å²) in [5, 5.41) is 0. The number of aromatic nitrogens is 1. The van der Waals surface area contributed by atoms with Gasteiger partial charge in [0.25, 0.3) is 5.56 Å². The van der Waals surface area contributed by atoms with Crippen molar-refractivity contribution in [2.45, 2.75) is 25.5 Å². The maximum Gasteiger partial charge on any atom is 0.271 e. The number of ether oxygens (including phenoxy) is 1. The van der Waals surface area contributed by atoms with Gasteiger partial charge in [-0.05, 0) is 86.9 Å². The Hall–Kier alpha value is -3.52. The van der Waals surface area contributed by atoms with Crippen LogP contribution in [0.2, 0.25) is 0 Å². The molecule has 0 saturated carbocycles. The molecule has 1 aliphatic heterocycles. The van der Waals surface area contributed by atoms with Crippen molar-refractivity contribution < 1.29 is 4.74 Å². The Morgan fingerprint density at radius 2 is 1.71 bits per heavy atom. The van der Waals surface area contributed by atoms with E-state index in [-0.39, 0.29) is 11.6 Å². The van der Waals surface area contributed by atoms with Crippen molar-refractivity contribution in [3.63, 3.8) is 0 Å². The molecule has 4 aromatic carbocycles. The summed E-state index contributed by atoms with van der Waals surface area (Å²) in [7, 11) is 0. The fourth-order valence-electron chi connectivity index (χ4n) is 5.57. The lowest BCUT2D eigenvalue weighted by Gasteiger charge is -2.30. The third-order valence-corrected chi connectivity index (χ3v) is 9.68. The molecule has 7 rings (SSSR count). The highest BCUT2D eigenvalue weighted by molar-refractivity contribution is 9.10. The summed E-state index contributed by atoms with van der Waals surface area (Å²) in [5.74, 6) is 0.752. The minimum atomic E-state index is -0.168. The molecule has 0 radical (unpaired) electrons. The first-order valence-electron chi connectivity index (χ1n) is 13.4. The topological polar surface area (TPSA) is 43.6 Å². The molecular weight excluding hydrogens is 660 g/mol. The second-order valence-electron chi connectivity index (χ2n) is 10.1. The molecule has 0 N–H and O–H groups in total. The predicted octanol–water partition coefficient (Wildman–Crippen LogP) is 7.42. The molecule has 0 amide bonds. The van der Waals surface area contributed by atoms with Crippen molar-refractivity contribution in [3.8, 4) is 5.75 Å². The van der Waals surface area contributed by atoms with Crippen LogP contribution in [0.1, 0.15) is 40.3 Å². The number of halogens is 2. The molecule has 0 saturated heterocycles. The lowest BCUT2D eigenvalue weighted by Crippen LogP contribution is -2.38. The smallest absolute Gasteiger partial charge is 0.271 e. The summed E-state index contributed by atoms with van der Waals surface area (Å²) in [6.45, 7) is 0.469. The predicted molar refractivity (Wildman–Crippen MR) is 172 cm³/mol. The molecule has 0 bridgehead atoms. The van der Waals surface area contributed by atoms with Crippen LogP contribution in [0.4, 0.5) is 0 Å². The van der Waals surface area contributed by atoms with Crippen molar-refractivity contribution in [1.82, 2.24) is 4.57 Å². The highest BCUT2D eigenvalue weighted by Gasteiger charge is 2.32. The van der Waals surface area contributed by atoms with E-state index in [0.717, 1.165) is 54.7 Å². The minimum Gasteiger partial charge on any atom is -0.488 e. The van der Waals surface area contributed by atoms with Crippen LogP contribution in [-0.4, -0.2) is 4.57 Å². The summed E-state index contributed by atoms with van der Waals surface area (Å²) < 4.78 is 10.5. The lowest BCUT2D eigenvalue weighted by atomic mass is 9.83. The van der Waals surface area contributed by atoms with Crippen LogP contribution in [-0.2, 0) is 13.0 Å². The van der Waals surface area contributed by atoms with Gasteiger partial charge in [0, 0.05) is 10.0 Å². The van der Waals surface area contributed by atoms with Gasteiger partial charge in [0.05, 0.1) is 20.7 Å². The SMILES string of the molecule is O=c1/c(=C\c2ccc(OCc3ccc(Br)cc3)c(Br)c2)sc2n1[C@H](c1ccccc1)C1=C(N=2)c2ccccc2CC1. The van der Waals surface area contributed by atoms with E-state index in [1.807, 2.05) is 71.3 Å². The van der Waals surface area contributed by atoms with Gasteiger partial charge in [-0.25, -0.2) is 4.99 Å². The fourth-order valence-corrected chi connectivity index (χ4v) is 7.35. The number of allylic oxidation sites excluding steroid dienone is 1. The summed E-state index contributed by atoms with van der Waals surface area (Å²) >= 11 is 8.57. The molecule has 1 aromatic heterocycles. The van der Waals surface area contributed by atoms with E-state index in [0.29, 0.717) is 11.1 Å². The molecule has 0 unspecified atom stereocenters.